The first-order valence-electron chi connectivity index (χ1n) is 9.18. The Bertz CT molecular complexity index is 1240. The van der Waals surface area contributed by atoms with E-state index in [0.717, 1.165) is 35.5 Å². The number of hydrogen-bond donors (Lipinski definition) is 1. The number of benzene rings is 2. The van der Waals surface area contributed by atoms with Gasteiger partial charge in [-0.1, -0.05) is 12.1 Å². The van der Waals surface area contributed by atoms with Crippen LogP contribution in [0.25, 0.3) is 0 Å². The van der Waals surface area contributed by atoms with E-state index in [0.29, 0.717) is 11.1 Å². The number of halogens is 4. The standard InChI is InChI=1S/C20H15F4N3O2S/c21-15-3-1-2-11-8-17-14-10-25-26-16(14)9-18(19(11)15)27(17)30(28,29)13-6-4-12(5-7-13)20(22,23)24/h1-7,10,17-18H,8-9H2,(H,25,26). The van der Waals surface area contributed by atoms with E-state index in [9.17, 15) is 26.0 Å². The molecule has 2 atom stereocenters. The van der Waals surface area contributed by atoms with E-state index < -0.39 is 39.7 Å². The lowest BCUT2D eigenvalue weighted by Gasteiger charge is -2.45. The minimum Gasteiger partial charge on any atom is -0.282 e. The average Bonchev–Trinajstić information content (AvgIpc) is 3.15. The summed E-state index contributed by atoms with van der Waals surface area (Å²) in [7, 11) is -4.21. The fourth-order valence-electron chi connectivity index (χ4n) is 4.45. The molecule has 2 aliphatic heterocycles. The summed E-state index contributed by atoms with van der Waals surface area (Å²) in [5.41, 5.74) is 1.50. The second-order valence-corrected chi connectivity index (χ2v) is 9.26. The highest BCUT2D eigenvalue weighted by atomic mass is 32.2. The number of fused-ring (bicyclic) bond motifs is 6. The van der Waals surface area contributed by atoms with Crippen molar-refractivity contribution in [2.45, 2.75) is 36.0 Å². The van der Waals surface area contributed by atoms with Gasteiger partial charge in [0.2, 0.25) is 10.0 Å². The number of rotatable bonds is 2. The summed E-state index contributed by atoms with van der Waals surface area (Å²) >= 11 is 0. The van der Waals surface area contributed by atoms with E-state index in [-0.39, 0.29) is 17.7 Å². The lowest BCUT2D eigenvalue weighted by Crippen LogP contribution is -2.46. The second kappa shape index (κ2) is 6.39. The molecule has 3 heterocycles. The van der Waals surface area contributed by atoms with Crippen LogP contribution < -0.4 is 0 Å². The summed E-state index contributed by atoms with van der Waals surface area (Å²) in [6.07, 6.45) is -2.58. The third kappa shape index (κ3) is 2.78. The quantitative estimate of drug-likeness (QED) is 0.613. The van der Waals surface area contributed by atoms with Gasteiger partial charge in [0.15, 0.2) is 0 Å². The van der Waals surface area contributed by atoms with Crippen molar-refractivity contribution in [2.75, 3.05) is 0 Å². The van der Waals surface area contributed by atoms with Crippen LogP contribution in [0, 0.1) is 5.82 Å². The number of hydrogen-bond acceptors (Lipinski definition) is 3. The topological polar surface area (TPSA) is 66.1 Å². The average molecular weight is 437 g/mol. The van der Waals surface area contributed by atoms with Crippen LogP contribution in [0.2, 0.25) is 0 Å². The van der Waals surface area contributed by atoms with Crippen LogP contribution in [-0.4, -0.2) is 22.9 Å². The summed E-state index contributed by atoms with van der Waals surface area (Å²) < 4.78 is 81.6. The van der Waals surface area contributed by atoms with E-state index >= 15 is 0 Å². The van der Waals surface area contributed by atoms with Gasteiger partial charge in [-0.15, -0.1) is 0 Å². The first-order chi connectivity index (χ1) is 14.2. The smallest absolute Gasteiger partial charge is 0.282 e. The van der Waals surface area contributed by atoms with E-state index in [2.05, 4.69) is 10.2 Å². The zero-order chi connectivity index (χ0) is 21.3. The number of aromatic amines is 1. The number of alkyl halides is 3. The molecule has 0 radical (unpaired) electrons. The third-order valence-corrected chi connectivity index (χ3v) is 7.70. The lowest BCUT2D eigenvalue weighted by atomic mass is 9.81. The highest BCUT2D eigenvalue weighted by Gasteiger charge is 2.48. The normalized spacial score (nSPS) is 21.2. The Morgan fingerprint density at radius 2 is 1.77 bits per heavy atom. The van der Waals surface area contributed by atoms with E-state index in [4.69, 9.17) is 0 Å². The van der Waals surface area contributed by atoms with E-state index in [1.54, 1.807) is 18.3 Å². The summed E-state index contributed by atoms with van der Waals surface area (Å²) in [6, 6.07) is 6.56. The molecule has 1 N–H and O–H groups in total. The molecule has 1 aromatic heterocycles. The van der Waals surface area contributed by atoms with Gasteiger partial charge in [0, 0.05) is 23.2 Å². The van der Waals surface area contributed by atoms with Gasteiger partial charge in [-0.05, 0) is 42.3 Å². The molecule has 0 saturated carbocycles. The minimum atomic E-state index is -4.57. The molecule has 2 aliphatic rings. The molecule has 2 unspecified atom stereocenters. The molecule has 3 aromatic rings. The van der Waals surface area contributed by atoms with E-state index in [1.807, 2.05) is 0 Å². The van der Waals surface area contributed by atoms with Gasteiger partial charge in [-0.25, -0.2) is 12.8 Å². The summed E-state index contributed by atoms with van der Waals surface area (Å²) in [6.45, 7) is 0. The van der Waals surface area contributed by atoms with Crippen molar-refractivity contribution in [1.82, 2.24) is 14.5 Å². The van der Waals surface area contributed by atoms with Gasteiger partial charge in [0.25, 0.3) is 0 Å². The predicted octanol–water partition coefficient (Wildman–Crippen LogP) is 4.15. The van der Waals surface area contributed by atoms with Crippen LogP contribution in [0.3, 0.4) is 0 Å². The molecule has 156 valence electrons. The number of sulfonamides is 1. The first kappa shape index (κ1) is 19.3. The van der Waals surface area contributed by atoms with Crippen molar-refractivity contribution in [2.24, 2.45) is 0 Å². The van der Waals surface area contributed by atoms with Crippen LogP contribution in [-0.2, 0) is 29.0 Å². The van der Waals surface area contributed by atoms with Crippen molar-refractivity contribution < 1.29 is 26.0 Å². The van der Waals surface area contributed by atoms with Gasteiger partial charge in [-0.2, -0.15) is 22.6 Å². The van der Waals surface area contributed by atoms with Gasteiger partial charge in [0.05, 0.1) is 28.7 Å². The third-order valence-electron chi connectivity index (χ3n) is 5.77. The molecule has 30 heavy (non-hydrogen) atoms. The zero-order valence-electron chi connectivity index (χ0n) is 15.3. The predicted molar refractivity (Wildman–Crippen MR) is 98.3 cm³/mol. The van der Waals surface area contributed by atoms with Crippen molar-refractivity contribution in [1.29, 1.82) is 0 Å². The van der Waals surface area contributed by atoms with Crippen molar-refractivity contribution in [3.05, 3.63) is 82.4 Å². The minimum absolute atomic E-state index is 0.194. The molecule has 10 heteroatoms. The van der Waals surface area contributed by atoms with Crippen LogP contribution in [0.1, 0.15) is 40.0 Å². The molecule has 5 nitrogen and oxygen atoms in total. The Morgan fingerprint density at radius 3 is 2.47 bits per heavy atom. The summed E-state index contributed by atoms with van der Waals surface area (Å²) in [5, 5.41) is 6.87. The van der Waals surface area contributed by atoms with Crippen LogP contribution in [0.5, 0.6) is 0 Å². The highest BCUT2D eigenvalue weighted by Crippen LogP contribution is 2.50. The zero-order valence-corrected chi connectivity index (χ0v) is 16.1. The Kier molecular flexibility index (Phi) is 4.10. The van der Waals surface area contributed by atoms with E-state index in [1.165, 1.54) is 10.4 Å². The molecule has 0 amide bonds. The molecule has 0 saturated heterocycles. The highest BCUT2D eigenvalue weighted by molar-refractivity contribution is 7.89. The fraction of sp³-hybridized carbons (Fsp3) is 0.250. The maximum absolute atomic E-state index is 14.7. The van der Waals surface area contributed by atoms with Gasteiger partial charge < -0.3 is 0 Å². The molecule has 2 aromatic carbocycles. The van der Waals surface area contributed by atoms with Gasteiger partial charge >= 0.3 is 6.18 Å². The van der Waals surface area contributed by atoms with Crippen LogP contribution in [0.4, 0.5) is 17.6 Å². The molecule has 0 spiro atoms. The number of aromatic nitrogens is 2. The number of nitrogens with one attached hydrogen (secondary N) is 1. The second-order valence-electron chi connectivity index (χ2n) is 7.41. The SMILES string of the molecule is O=S(=O)(c1ccc(C(F)(F)F)cc1)N1C2Cc3cccc(F)c3C1Cc1[nH]ncc12. The molecule has 5 rings (SSSR count). The molecular formula is C20H15F4N3O2S. The Balaban J connectivity index is 1.65. The summed E-state index contributed by atoms with van der Waals surface area (Å²) in [5.74, 6) is -0.508. The van der Waals surface area contributed by atoms with Crippen LogP contribution >= 0.6 is 0 Å². The first-order valence-corrected chi connectivity index (χ1v) is 10.6. The lowest BCUT2D eigenvalue weighted by molar-refractivity contribution is -0.137. The van der Waals surface area contributed by atoms with Gasteiger partial charge in [-0.3, -0.25) is 5.10 Å². The molecular weight excluding hydrogens is 422 g/mol. The van der Waals surface area contributed by atoms with Crippen molar-refractivity contribution in [3.63, 3.8) is 0 Å². The molecule has 0 fully saturated rings. The summed E-state index contributed by atoms with van der Waals surface area (Å²) in [4.78, 5) is -0.266. The maximum atomic E-state index is 14.7. The monoisotopic (exact) mass is 437 g/mol. The Labute approximate surface area is 169 Å². The maximum Gasteiger partial charge on any atom is 0.416 e. The molecule has 0 aliphatic carbocycles. The van der Waals surface area contributed by atoms with Crippen molar-refractivity contribution in [3.8, 4) is 0 Å². The number of nitrogens with zero attached hydrogens (tertiary/aromatic N) is 2. The Morgan fingerprint density at radius 1 is 1.03 bits per heavy atom. The Hall–Kier alpha value is -2.72. The van der Waals surface area contributed by atoms with Gasteiger partial charge in [0.1, 0.15) is 5.82 Å². The molecule has 2 bridgehead atoms. The van der Waals surface area contributed by atoms with Crippen molar-refractivity contribution >= 4 is 10.0 Å². The largest absolute Gasteiger partial charge is 0.416 e. The number of H-pyrrole nitrogens is 1. The van der Waals surface area contributed by atoms with Crippen LogP contribution in [0.15, 0.2) is 53.6 Å². The fourth-order valence-corrected chi connectivity index (χ4v) is 6.22.